The first-order valence-corrected chi connectivity index (χ1v) is 10.3. The number of nitrogens with zero attached hydrogens (tertiary/aromatic N) is 6. The van der Waals surface area contributed by atoms with Gasteiger partial charge in [-0.15, -0.1) is 11.3 Å². The second kappa shape index (κ2) is 8.11. The summed E-state index contributed by atoms with van der Waals surface area (Å²) >= 11 is 1.64. The van der Waals surface area contributed by atoms with Gasteiger partial charge in [-0.1, -0.05) is 6.07 Å². The molecule has 1 N–H and O–H groups in total. The average molecular weight is 427 g/mol. The van der Waals surface area contributed by atoms with Gasteiger partial charge >= 0.3 is 5.69 Å². The molecule has 0 aliphatic rings. The van der Waals surface area contributed by atoms with E-state index in [1.807, 2.05) is 17.5 Å². The molecule has 0 saturated heterocycles. The molecule has 0 aliphatic heterocycles. The van der Waals surface area contributed by atoms with Crippen LogP contribution >= 0.6 is 11.3 Å². The zero-order valence-electron chi connectivity index (χ0n) is 16.6. The molecule has 30 heavy (non-hydrogen) atoms. The summed E-state index contributed by atoms with van der Waals surface area (Å²) in [5, 5.41) is 9.15. The van der Waals surface area contributed by atoms with Crippen molar-refractivity contribution in [1.82, 2.24) is 28.5 Å². The fraction of sp³-hybridized carbons (Fsp3) is 0.316. The van der Waals surface area contributed by atoms with Crippen LogP contribution in [0.4, 0.5) is 5.82 Å². The molecule has 0 bridgehead atoms. The molecule has 0 fully saturated rings. The molecular weight excluding hydrogens is 406 g/mol. The Labute approximate surface area is 175 Å². The standard InChI is InChI=1S/C19H21N7O3S/c1-23-17-16(18(28)24(2)19(23)29)25(12-20-17)9-3-6-15(27)22-14-7-8-21-26(14)11-13-5-4-10-30-13/h4-5,7-8,10,12H,3,6,9,11H2,1-2H3,(H,22,27). The van der Waals surface area contributed by atoms with Crippen molar-refractivity contribution in [1.29, 1.82) is 0 Å². The number of rotatable bonds is 7. The molecule has 0 aliphatic carbocycles. The van der Waals surface area contributed by atoms with Gasteiger partial charge in [0.25, 0.3) is 5.56 Å². The maximum atomic E-state index is 12.5. The fourth-order valence-electron chi connectivity index (χ4n) is 3.30. The largest absolute Gasteiger partial charge is 0.332 e. The summed E-state index contributed by atoms with van der Waals surface area (Å²) in [5.74, 6) is 0.512. The molecule has 0 unspecified atom stereocenters. The molecule has 0 saturated carbocycles. The van der Waals surface area contributed by atoms with Crippen LogP contribution in [0.1, 0.15) is 17.7 Å². The lowest BCUT2D eigenvalue weighted by atomic mass is 10.3. The van der Waals surface area contributed by atoms with Gasteiger partial charge in [-0.05, 0) is 17.9 Å². The topological polar surface area (TPSA) is 109 Å². The summed E-state index contributed by atoms with van der Waals surface area (Å²) in [6, 6.07) is 5.76. The highest BCUT2D eigenvalue weighted by Crippen LogP contribution is 2.15. The van der Waals surface area contributed by atoms with Crippen molar-refractivity contribution >= 4 is 34.2 Å². The maximum absolute atomic E-state index is 12.5. The molecule has 11 heteroatoms. The predicted octanol–water partition coefficient (Wildman–Crippen LogP) is 1.16. The van der Waals surface area contributed by atoms with E-state index in [4.69, 9.17) is 0 Å². The number of carbonyl (C=O) groups is 1. The first-order chi connectivity index (χ1) is 14.5. The molecule has 4 rings (SSSR count). The van der Waals surface area contributed by atoms with Crippen molar-refractivity contribution < 1.29 is 4.79 Å². The van der Waals surface area contributed by atoms with Crippen LogP contribution in [0.25, 0.3) is 11.2 Å². The van der Waals surface area contributed by atoms with E-state index >= 15 is 0 Å². The SMILES string of the molecule is Cn1c(=O)c2c(ncn2CCCC(=O)Nc2ccnn2Cc2cccs2)n(C)c1=O. The Balaban J connectivity index is 1.40. The van der Waals surface area contributed by atoms with E-state index < -0.39 is 11.2 Å². The number of fused-ring (bicyclic) bond motifs is 1. The van der Waals surface area contributed by atoms with Gasteiger partial charge in [0, 0.05) is 38.0 Å². The Morgan fingerprint density at radius 1 is 1.20 bits per heavy atom. The number of nitrogens with one attached hydrogen (secondary N) is 1. The maximum Gasteiger partial charge on any atom is 0.332 e. The molecule has 1 amide bonds. The first kappa shape index (κ1) is 19.8. The third-order valence-corrected chi connectivity index (χ3v) is 5.75. The van der Waals surface area contributed by atoms with Crippen LogP contribution in [0.5, 0.6) is 0 Å². The highest BCUT2D eigenvalue weighted by atomic mass is 32.1. The molecule has 156 valence electrons. The molecule has 4 heterocycles. The Hall–Kier alpha value is -3.47. The van der Waals surface area contributed by atoms with E-state index in [1.165, 1.54) is 17.9 Å². The Morgan fingerprint density at radius 3 is 2.80 bits per heavy atom. The van der Waals surface area contributed by atoms with Gasteiger partial charge in [0.1, 0.15) is 5.82 Å². The van der Waals surface area contributed by atoms with E-state index in [9.17, 15) is 14.4 Å². The molecule has 0 atom stereocenters. The average Bonchev–Trinajstić information content (AvgIpc) is 3.47. The molecule has 0 aromatic carbocycles. The number of imidazole rings is 1. The minimum absolute atomic E-state index is 0.132. The van der Waals surface area contributed by atoms with Crippen molar-refractivity contribution in [3.63, 3.8) is 0 Å². The molecule has 10 nitrogen and oxygen atoms in total. The lowest BCUT2D eigenvalue weighted by Gasteiger charge is -2.09. The second-order valence-corrected chi connectivity index (χ2v) is 7.95. The van der Waals surface area contributed by atoms with Gasteiger partial charge < -0.3 is 9.88 Å². The smallest absolute Gasteiger partial charge is 0.325 e. The van der Waals surface area contributed by atoms with Gasteiger partial charge in [0.15, 0.2) is 11.2 Å². The Bertz CT molecular complexity index is 1310. The first-order valence-electron chi connectivity index (χ1n) is 9.40. The number of carbonyl (C=O) groups excluding carboxylic acids is 1. The van der Waals surface area contributed by atoms with Crippen molar-refractivity contribution in [2.75, 3.05) is 5.32 Å². The van der Waals surface area contributed by atoms with Gasteiger partial charge in [0.2, 0.25) is 5.91 Å². The lowest BCUT2D eigenvalue weighted by molar-refractivity contribution is -0.116. The van der Waals surface area contributed by atoms with Gasteiger partial charge in [-0.25, -0.2) is 14.5 Å². The number of amides is 1. The summed E-state index contributed by atoms with van der Waals surface area (Å²) < 4.78 is 5.83. The Kier molecular flexibility index (Phi) is 5.36. The van der Waals surface area contributed by atoms with Crippen LogP contribution in [0.3, 0.4) is 0 Å². The van der Waals surface area contributed by atoms with E-state index in [0.717, 1.165) is 9.44 Å². The zero-order valence-corrected chi connectivity index (χ0v) is 17.4. The van der Waals surface area contributed by atoms with Gasteiger partial charge in [0.05, 0.1) is 19.1 Å². The highest BCUT2D eigenvalue weighted by molar-refractivity contribution is 7.09. The quantitative estimate of drug-likeness (QED) is 0.476. The van der Waals surface area contributed by atoms with Crippen LogP contribution in [0.2, 0.25) is 0 Å². The highest BCUT2D eigenvalue weighted by Gasteiger charge is 2.14. The van der Waals surface area contributed by atoms with E-state index in [2.05, 4.69) is 15.4 Å². The summed E-state index contributed by atoms with van der Waals surface area (Å²) in [7, 11) is 3.02. The van der Waals surface area contributed by atoms with E-state index in [1.54, 1.807) is 39.9 Å². The van der Waals surface area contributed by atoms with Crippen molar-refractivity contribution in [3.8, 4) is 0 Å². The van der Waals surface area contributed by atoms with Crippen LogP contribution in [0, 0.1) is 0 Å². The number of aryl methyl sites for hydroxylation is 2. The van der Waals surface area contributed by atoms with Crippen LogP contribution in [-0.2, 0) is 32.0 Å². The van der Waals surface area contributed by atoms with Crippen LogP contribution < -0.4 is 16.6 Å². The summed E-state index contributed by atoms with van der Waals surface area (Å²) in [6.45, 7) is 1.04. The Morgan fingerprint density at radius 2 is 2.03 bits per heavy atom. The molecule has 0 spiro atoms. The predicted molar refractivity (Wildman–Crippen MR) is 114 cm³/mol. The number of hydrogen-bond donors (Lipinski definition) is 1. The zero-order chi connectivity index (χ0) is 21.3. The van der Waals surface area contributed by atoms with Crippen LogP contribution in [-0.4, -0.2) is 34.4 Å². The molecule has 0 radical (unpaired) electrons. The van der Waals surface area contributed by atoms with E-state index in [0.29, 0.717) is 36.5 Å². The normalized spacial score (nSPS) is 11.3. The third-order valence-electron chi connectivity index (χ3n) is 4.89. The molecule has 4 aromatic heterocycles. The van der Waals surface area contributed by atoms with Crippen molar-refractivity contribution in [2.24, 2.45) is 14.1 Å². The summed E-state index contributed by atoms with van der Waals surface area (Å²) in [5.41, 5.74) is -0.122. The lowest BCUT2D eigenvalue weighted by Crippen LogP contribution is -2.37. The number of thiophene rings is 1. The van der Waals surface area contributed by atoms with Gasteiger partial charge in [-0.3, -0.25) is 18.7 Å². The monoisotopic (exact) mass is 427 g/mol. The van der Waals surface area contributed by atoms with Gasteiger partial charge in [-0.2, -0.15) is 5.10 Å². The van der Waals surface area contributed by atoms with Crippen LogP contribution in [0.15, 0.2) is 45.7 Å². The summed E-state index contributed by atoms with van der Waals surface area (Å²) in [4.78, 5) is 42.2. The second-order valence-electron chi connectivity index (χ2n) is 6.92. The third kappa shape index (κ3) is 3.71. The summed E-state index contributed by atoms with van der Waals surface area (Å²) in [6.07, 6.45) is 3.97. The minimum atomic E-state index is -0.420. The molecular formula is C19H21N7O3S. The molecule has 4 aromatic rings. The number of aromatic nitrogens is 6. The fourth-order valence-corrected chi connectivity index (χ4v) is 3.98. The van der Waals surface area contributed by atoms with Crippen molar-refractivity contribution in [2.45, 2.75) is 25.9 Å². The van der Waals surface area contributed by atoms with E-state index in [-0.39, 0.29) is 12.3 Å². The van der Waals surface area contributed by atoms with Crippen molar-refractivity contribution in [3.05, 3.63) is 61.8 Å². The minimum Gasteiger partial charge on any atom is -0.325 e. The number of anilines is 1. The number of hydrogen-bond acceptors (Lipinski definition) is 6.